The quantitative estimate of drug-likeness (QED) is 0.810. The molecule has 0 radical (unpaired) electrons. The summed E-state index contributed by atoms with van der Waals surface area (Å²) in [5.41, 5.74) is 1.41. The molecule has 1 unspecified atom stereocenters. The van der Waals surface area contributed by atoms with Gasteiger partial charge in [0.05, 0.1) is 10.0 Å². The van der Waals surface area contributed by atoms with Gasteiger partial charge in [0.25, 0.3) is 0 Å². The molecule has 1 aromatic carbocycles. The molecule has 94 valence electrons. The lowest BCUT2D eigenvalue weighted by Gasteiger charge is -2.44. The van der Waals surface area contributed by atoms with Crippen LogP contribution in [0.25, 0.3) is 0 Å². The summed E-state index contributed by atoms with van der Waals surface area (Å²) in [6.45, 7) is 9.02. The first-order valence-electron chi connectivity index (χ1n) is 6.11. The van der Waals surface area contributed by atoms with Crippen molar-refractivity contribution in [2.75, 3.05) is 13.1 Å². The zero-order chi connectivity index (χ0) is 12.6. The average Bonchev–Trinajstić information content (AvgIpc) is 2.29. The highest BCUT2D eigenvalue weighted by atomic mass is 35.5. The van der Waals surface area contributed by atoms with Gasteiger partial charge in [0, 0.05) is 12.0 Å². The average molecular weight is 272 g/mol. The van der Waals surface area contributed by atoms with E-state index in [9.17, 15) is 0 Å². The van der Waals surface area contributed by atoms with Gasteiger partial charge in [0.15, 0.2) is 0 Å². The Morgan fingerprint density at radius 3 is 2.59 bits per heavy atom. The Morgan fingerprint density at radius 1 is 1.24 bits per heavy atom. The highest BCUT2D eigenvalue weighted by molar-refractivity contribution is 6.42. The normalized spacial score (nSPS) is 33.7. The molecule has 0 aromatic heterocycles. The van der Waals surface area contributed by atoms with Gasteiger partial charge in [0.1, 0.15) is 0 Å². The van der Waals surface area contributed by atoms with E-state index in [1.807, 2.05) is 12.1 Å². The summed E-state index contributed by atoms with van der Waals surface area (Å²) in [6.07, 6.45) is 0. The summed E-state index contributed by atoms with van der Waals surface area (Å²) in [5, 5.41) is 4.79. The van der Waals surface area contributed by atoms with Crippen molar-refractivity contribution >= 4 is 23.2 Å². The number of hydrogen-bond donors (Lipinski definition) is 1. The molecule has 1 saturated heterocycles. The van der Waals surface area contributed by atoms with Gasteiger partial charge >= 0.3 is 0 Å². The standard InChI is InChI=1S/C14H19Cl2N/c1-9-7-17-8-14(3,10(9)2)11-4-5-12(15)13(16)6-11/h4-6,9-10,17H,7-8H2,1-3H3/t9?,10-,14+/m1/s1. The first kappa shape index (κ1) is 13.2. The predicted molar refractivity (Wildman–Crippen MR) is 75.0 cm³/mol. The monoisotopic (exact) mass is 271 g/mol. The third-order valence-electron chi connectivity index (χ3n) is 4.40. The molecule has 1 aromatic rings. The van der Waals surface area contributed by atoms with E-state index in [4.69, 9.17) is 23.2 Å². The number of benzene rings is 1. The third kappa shape index (κ3) is 2.33. The molecular weight excluding hydrogens is 253 g/mol. The molecule has 0 aliphatic carbocycles. The summed E-state index contributed by atoms with van der Waals surface area (Å²) in [6, 6.07) is 6.01. The zero-order valence-corrected chi connectivity index (χ0v) is 12.1. The first-order valence-corrected chi connectivity index (χ1v) is 6.87. The second-order valence-corrected chi connectivity index (χ2v) is 6.26. The highest BCUT2D eigenvalue weighted by Crippen LogP contribution is 2.40. The van der Waals surface area contributed by atoms with Crippen LogP contribution in [0.4, 0.5) is 0 Å². The van der Waals surface area contributed by atoms with E-state index in [1.54, 1.807) is 0 Å². The van der Waals surface area contributed by atoms with Gasteiger partial charge in [-0.05, 0) is 36.1 Å². The summed E-state index contributed by atoms with van der Waals surface area (Å²) >= 11 is 12.1. The molecule has 1 heterocycles. The van der Waals surface area contributed by atoms with Gasteiger partial charge in [-0.3, -0.25) is 0 Å². The molecule has 0 amide bonds. The van der Waals surface area contributed by atoms with Gasteiger partial charge in [-0.25, -0.2) is 0 Å². The summed E-state index contributed by atoms with van der Waals surface area (Å²) in [7, 11) is 0. The minimum atomic E-state index is 0.131. The summed E-state index contributed by atoms with van der Waals surface area (Å²) in [4.78, 5) is 0. The fraction of sp³-hybridized carbons (Fsp3) is 0.571. The number of rotatable bonds is 1. The smallest absolute Gasteiger partial charge is 0.0595 e. The highest BCUT2D eigenvalue weighted by Gasteiger charge is 2.39. The molecule has 3 atom stereocenters. The van der Waals surface area contributed by atoms with Gasteiger partial charge in [-0.15, -0.1) is 0 Å². The van der Waals surface area contributed by atoms with E-state index < -0.39 is 0 Å². The van der Waals surface area contributed by atoms with Crippen LogP contribution >= 0.6 is 23.2 Å². The predicted octanol–water partition coefficient (Wildman–Crippen LogP) is 4.13. The van der Waals surface area contributed by atoms with Gasteiger partial charge < -0.3 is 5.32 Å². The topological polar surface area (TPSA) is 12.0 Å². The Labute approximate surface area is 114 Å². The number of halogens is 2. The van der Waals surface area contributed by atoms with Crippen LogP contribution in [0.15, 0.2) is 18.2 Å². The van der Waals surface area contributed by atoms with Crippen molar-refractivity contribution in [2.45, 2.75) is 26.2 Å². The Balaban J connectivity index is 2.39. The van der Waals surface area contributed by atoms with Crippen LogP contribution < -0.4 is 5.32 Å². The summed E-state index contributed by atoms with van der Waals surface area (Å²) in [5.74, 6) is 1.30. The largest absolute Gasteiger partial charge is 0.316 e. The Bertz CT molecular complexity index is 419. The Morgan fingerprint density at radius 2 is 1.94 bits per heavy atom. The van der Waals surface area contributed by atoms with Crippen molar-refractivity contribution in [1.82, 2.24) is 5.32 Å². The van der Waals surface area contributed by atoms with Crippen molar-refractivity contribution in [3.05, 3.63) is 33.8 Å². The van der Waals surface area contributed by atoms with E-state index >= 15 is 0 Å². The van der Waals surface area contributed by atoms with Crippen LogP contribution in [-0.2, 0) is 5.41 Å². The van der Waals surface area contributed by atoms with Gasteiger partial charge in [-0.1, -0.05) is 50.0 Å². The van der Waals surface area contributed by atoms with Crippen molar-refractivity contribution < 1.29 is 0 Å². The lowest BCUT2D eigenvalue weighted by atomic mass is 9.66. The van der Waals surface area contributed by atoms with Gasteiger partial charge in [0.2, 0.25) is 0 Å². The molecule has 1 aliphatic rings. The summed E-state index contributed by atoms with van der Waals surface area (Å²) < 4.78 is 0. The maximum Gasteiger partial charge on any atom is 0.0595 e. The second-order valence-electron chi connectivity index (χ2n) is 5.44. The van der Waals surface area contributed by atoms with Crippen LogP contribution in [0.3, 0.4) is 0 Å². The molecule has 0 saturated carbocycles. The molecule has 1 nitrogen and oxygen atoms in total. The molecule has 2 rings (SSSR count). The lowest BCUT2D eigenvalue weighted by Crippen LogP contribution is -2.51. The number of nitrogens with one attached hydrogen (secondary N) is 1. The van der Waals surface area contributed by atoms with Gasteiger partial charge in [-0.2, -0.15) is 0 Å². The van der Waals surface area contributed by atoms with E-state index in [2.05, 4.69) is 32.2 Å². The van der Waals surface area contributed by atoms with Crippen molar-refractivity contribution in [3.63, 3.8) is 0 Å². The minimum Gasteiger partial charge on any atom is -0.316 e. The van der Waals surface area contributed by atoms with Crippen LogP contribution in [0.1, 0.15) is 26.3 Å². The van der Waals surface area contributed by atoms with Crippen LogP contribution in [0.2, 0.25) is 10.0 Å². The lowest BCUT2D eigenvalue weighted by molar-refractivity contribution is 0.173. The fourth-order valence-electron chi connectivity index (χ4n) is 2.74. The number of hydrogen-bond acceptors (Lipinski definition) is 1. The van der Waals surface area contributed by atoms with E-state index in [-0.39, 0.29) is 5.41 Å². The molecule has 1 fully saturated rings. The molecular formula is C14H19Cl2N. The third-order valence-corrected chi connectivity index (χ3v) is 5.14. The number of piperidine rings is 1. The molecule has 1 aliphatic heterocycles. The van der Waals surface area contributed by atoms with E-state index in [0.717, 1.165) is 13.1 Å². The van der Waals surface area contributed by atoms with E-state index in [0.29, 0.717) is 21.9 Å². The molecule has 3 heteroatoms. The fourth-order valence-corrected chi connectivity index (χ4v) is 3.04. The van der Waals surface area contributed by atoms with E-state index in [1.165, 1.54) is 5.56 Å². The Kier molecular flexibility index (Phi) is 3.72. The van der Waals surface area contributed by atoms with Crippen molar-refractivity contribution in [2.24, 2.45) is 11.8 Å². The zero-order valence-electron chi connectivity index (χ0n) is 10.6. The van der Waals surface area contributed by atoms with Crippen molar-refractivity contribution in [1.29, 1.82) is 0 Å². The molecule has 0 spiro atoms. The maximum atomic E-state index is 6.13. The van der Waals surface area contributed by atoms with Crippen LogP contribution in [-0.4, -0.2) is 13.1 Å². The second kappa shape index (κ2) is 4.79. The SMILES string of the molecule is CC1CNC[C@](C)(c2ccc(Cl)c(Cl)c2)[C@@H]1C. The maximum absolute atomic E-state index is 6.13. The molecule has 1 N–H and O–H groups in total. The van der Waals surface area contributed by atoms with Crippen LogP contribution in [0, 0.1) is 11.8 Å². The van der Waals surface area contributed by atoms with Crippen LogP contribution in [0.5, 0.6) is 0 Å². The molecule has 0 bridgehead atoms. The first-order chi connectivity index (χ1) is 7.95. The minimum absolute atomic E-state index is 0.131. The van der Waals surface area contributed by atoms with Crippen molar-refractivity contribution in [3.8, 4) is 0 Å². The Hall–Kier alpha value is -0.240. The molecule has 17 heavy (non-hydrogen) atoms.